The molecule has 2 saturated carbocycles. The van der Waals surface area contributed by atoms with Crippen molar-refractivity contribution in [2.75, 3.05) is 19.7 Å². The van der Waals surface area contributed by atoms with Gasteiger partial charge in [0.1, 0.15) is 6.17 Å². The van der Waals surface area contributed by atoms with Crippen molar-refractivity contribution in [3.05, 3.63) is 33.8 Å². The molecule has 0 aromatic heterocycles. The van der Waals surface area contributed by atoms with Crippen molar-refractivity contribution >= 4 is 27.9 Å². The summed E-state index contributed by atoms with van der Waals surface area (Å²) in [5.41, 5.74) is 2.54. The van der Waals surface area contributed by atoms with E-state index in [0.717, 1.165) is 43.0 Å². The Labute approximate surface area is 223 Å². The van der Waals surface area contributed by atoms with Crippen LogP contribution in [0, 0.1) is 17.8 Å². The molecular weight excluding hydrogens is 523 g/mol. The van der Waals surface area contributed by atoms with E-state index < -0.39 is 6.17 Å². The van der Waals surface area contributed by atoms with Crippen molar-refractivity contribution in [1.82, 2.24) is 10.2 Å². The van der Waals surface area contributed by atoms with Gasteiger partial charge in [-0.2, -0.15) is 0 Å². The van der Waals surface area contributed by atoms with Crippen molar-refractivity contribution in [2.45, 2.75) is 95.2 Å². The Bertz CT molecular complexity index is 963. The fourth-order valence-corrected chi connectivity index (χ4v) is 8.79. The molecule has 1 N–H and O–H groups in total. The molecule has 5 nitrogen and oxygen atoms in total. The quantitative estimate of drug-likeness (QED) is 0.417. The fourth-order valence-electron chi connectivity index (χ4n) is 7.99. The van der Waals surface area contributed by atoms with Crippen molar-refractivity contribution in [2.24, 2.45) is 17.8 Å². The maximum absolute atomic E-state index is 14.3. The maximum Gasteiger partial charge on any atom is 0.317 e. The van der Waals surface area contributed by atoms with Crippen molar-refractivity contribution in [3.63, 3.8) is 0 Å². The summed E-state index contributed by atoms with van der Waals surface area (Å²) in [6.45, 7) is 5.87. The lowest BCUT2D eigenvalue weighted by molar-refractivity contribution is -0.143. The van der Waals surface area contributed by atoms with Crippen LogP contribution in [0.25, 0.3) is 0 Å². The summed E-state index contributed by atoms with van der Waals surface area (Å²) in [7, 11) is 0. The number of esters is 1. The Hall–Kier alpha value is -1.63. The van der Waals surface area contributed by atoms with Gasteiger partial charge in [-0.3, -0.25) is 4.79 Å². The largest absolute Gasteiger partial charge is 0.466 e. The molecular formula is C29H40BrFN2O3. The zero-order valence-electron chi connectivity index (χ0n) is 21.6. The van der Waals surface area contributed by atoms with E-state index in [9.17, 15) is 14.0 Å². The molecule has 3 fully saturated rings. The zero-order valence-corrected chi connectivity index (χ0v) is 23.2. The van der Waals surface area contributed by atoms with Gasteiger partial charge in [-0.15, -0.1) is 0 Å². The molecule has 3 aliphatic carbocycles. The normalized spacial score (nSPS) is 32.7. The number of hydrogen-bond acceptors (Lipinski definition) is 3. The Morgan fingerprint density at radius 2 is 1.83 bits per heavy atom. The number of piperidine rings is 1. The van der Waals surface area contributed by atoms with Gasteiger partial charge < -0.3 is 15.0 Å². The lowest BCUT2D eigenvalue weighted by Gasteiger charge is -2.48. The number of rotatable bonds is 5. The van der Waals surface area contributed by atoms with E-state index in [4.69, 9.17) is 4.74 Å². The number of benzene rings is 1. The molecule has 4 aliphatic rings. The predicted octanol–water partition coefficient (Wildman–Crippen LogP) is 6.49. The van der Waals surface area contributed by atoms with Gasteiger partial charge in [-0.05, 0) is 92.7 Å². The molecule has 3 unspecified atom stereocenters. The smallest absolute Gasteiger partial charge is 0.317 e. The summed E-state index contributed by atoms with van der Waals surface area (Å²) in [4.78, 5) is 27.7. The maximum atomic E-state index is 14.3. The SMILES string of the molecule is CCOC(=O)CC1CC2(CCN(C(=O)NC3C4CC(F)CC3CC(CC)C4)CC2)c2c(Br)cccc21. The highest BCUT2D eigenvalue weighted by molar-refractivity contribution is 9.10. The number of nitrogens with one attached hydrogen (secondary N) is 1. The Balaban J connectivity index is 1.25. The summed E-state index contributed by atoms with van der Waals surface area (Å²) < 4.78 is 20.7. The van der Waals surface area contributed by atoms with E-state index in [-0.39, 0.29) is 41.2 Å². The van der Waals surface area contributed by atoms with Gasteiger partial charge in [0.25, 0.3) is 0 Å². The van der Waals surface area contributed by atoms with Crippen LogP contribution in [0.2, 0.25) is 0 Å². The zero-order chi connectivity index (χ0) is 25.4. The molecule has 7 heteroatoms. The second kappa shape index (κ2) is 10.6. The van der Waals surface area contributed by atoms with Crippen LogP contribution in [-0.2, 0) is 14.9 Å². The number of carbonyl (C=O) groups excluding carboxylic acids is 2. The number of nitrogens with zero attached hydrogens (tertiary/aromatic N) is 1. The molecule has 36 heavy (non-hydrogen) atoms. The number of hydrogen-bond donors (Lipinski definition) is 1. The van der Waals surface area contributed by atoms with E-state index >= 15 is 0 Å². The second-order valence-corrected chi connectivity index (χ2v) is 12.5. The number of fused-ring (bicyclic) bond motifs is 4. The third-order valence-corrected chi connectivity index (χ3v) is 10.3. The fraction of sp³-hybridized carbons (Fsp3) is 0.724. The van der Waals surface area contributed by atoms with Gasteiger partial charge in [0, 0.05) is 29.0 Å². The van der Waals surface area contributed by atoms with Crippen molar-refractivity contribution < 1.29 is 18.7 Å². The first-order chi connectivity index (χ1) is 17.3. The third kappa shape index (κ3) is 4.93. The molecule has 2 bridgehead atoms. The summed E-state index contributed by atoms with van der Waals surface area (Å²) in [6, 6.07) is 6.43. The standard InChI is InChI=1S/C29H40BrFN2O3/c1-3-18-12-19-14-22(31)15-20(13-18)27(19)32-28(35)33-10-8-29(9-11-33)17-21(16-25(34)36-4-2)23-6-5-7-24(30)26(23)29/h5-7,18-22,27H,3-4,8-17H2,1-2H3,(H,32,35). The summed E-state index contributed by atoms with van der Waals surface area (Å²) in [5.74, 6) is 1.21. The highest BCUT2D eigenvalue weighted by atomic mass is 79.9. The van der Waals surface area contributed by atoms with E-state index in [1.54, 1.807) is 0 Å². The molecule has 3 atom stereocenters. The van der Waals surface area contributed by atoms with E-state index in [1.165, 1.54) is 11.1 Å². The number of ether oxygens (including phenoxy) is 1. The molecule has 1 aromatic rings. The van der Waals surface area contributed by atoms with Crippen LogP contribution in [0.5, 0.6) is 0 Å². The van der Waals surface area contributed by atoms with Crippen LogP contribution in [0.4, 0.5) is 9.18 Å². The molecule has 1 heterocycles. The summed E-state index contributed by atoms with van der Waals surface area (Å²) in [6.07, 6.45) is 6.78. The molecule has 5 rings (SSSR count). The minimum absolute atomic E-state index is 0.0190. The Morgan fingerprint density at radius 3 is 2.47 bits per heavy atom. The number of amides is 2. The third-order valence-electron chi connectivity index (χ3n) is 9.65. The Kier molecular flexibility index (Phi) is 7.67. The lowest BCUT2D eigenvalue weighted by Crippen LogP contribution is -2.57. The van der Waals surface area contributed by atoms with Crippen LogP contribution in [-0.4, -0.2) is 48.8 Å². The topological polar surface area (TPSA) is 58.6 Å². The molecule has 0 radical (unpaired) electrons. The van der Waals surface area contributed by atoms with E-state index in [1.807, 2.05) is 11.8 Å². The second-order valence-electron chi connectivity index (χ2n) is 11.7. The van der Waals surface area contributed by atoms with Crippen LogP contribution >= 0.6 is 15.9 Å². The lowest BCUT2D eigenvalue weighted by atomic mass is 9.63. The monoisotopic (exact) mass is 562 g/mol. The predicted molar refractivity (Wildman–Crippen MR) is 142 cm³/mol. The van der Waals surface area contributed by atoms with Gasteiger partial charge in [0.15, 0.2) is 0 Å². The molecule has 2 amide bonds. The Morgan fingerprint density at radius 1 is 1.14 bits per heavy atom. The first-order valence-corrected chi connectivity index (χ1v) is 14.8. The average Bonchev–Trinajstić information content (AvgIpc) is 3.13. The van der Waals surface area contributed by atoms with E-state index in [2.05, 4.69) is 46.4 Å². The minimum atomic E-state index is -0.718. The summed E-state index contributed by atoms with van der Waals surface area (Å²) >= 11 is 3.80. The van der Waals surface area contributed by atoms with Gasteiger partial charge in [0.05, 0.1) is 13.0 Å². The molecule has 1 saturated heterocycles. The molecule has 1 aliphatic heterocycles. The van der Waals surface area contributed by atoms with Gasteiger partial charge in [-0.25, -0.2) is 9.18 Å². The van der Waals surface area contributed by atoms with Gasteiger partial charge in [-0.1, -0.05) is 41.4 Å². The minimum Gasteiger partial charge on any atom is -0.466 e. The number of likely N-dealkylation sites (tertiary alicyclic amines) is 1. The molecule has 198 valence electrons. The van der Waals surface area contributed by atoms with Crippen LogP contribution in [0.3, 0.4) is 0 Å². The molecule has 1 aromatic carbocycles. The van der Waals surface area contributed by atoms with Crippen LogP contribution in [0.1, 0.15) is 88.7 Å². The first-order valence-electron chi connectivity index (χ1n) is 14.0. The highest BCUT2D eigenvalue weighted by Crippen LogP contribution is 2.55. The number of halogens is 2. The number of urea groups is 1. The molecule has 1 spiro atoms. The number of carbonyl (C=O) groups is 2. The van der Waals surface area contributed by atoms with Crippen LogP contribution < -0.4 is 5.32 Å². The average molecular weight is 564 g/mol. The van der Waals surface area contributed by atoms with Crippen molar-refractivity contribution in [1.29, 1.82) is 0 Å². The van der Waals surface area contributed by atoms with Gasteiger partial charge in [0.2, 0.25) is 0 Å². The van der Waals surface area contributed by atoms with E-state index in [0.29, 0.717) is 44.9 Å². The van der Waals surface area contributed by atoms with Crippen molar-refractivity contribution in [3.8, 4) is 0 Å². The number of alkyl halides is 1. The highest BCUT2D eigenvalue weighted by Gasteiger charge is 2.48. The summed E-state index contributed by atoms with van der Waals surface area (Å²) in [5, 5.41) is 3.36. The van der Waals surface area contributed by atoms with Gasteiger partial charge >= 0.3 is 12.0 Å². The van der Waals surface area contributed by atoms with Crippen LogP contribution in [0.15, 0.2) is 22.7 Å². The first kappa shape index (κ1) is 26.0.